The molecular weight excluding hydrogens is 308 g/mol. The van der Waals surface area contributed by atoms with E-state index in [0.29, 0.717) is 28.5 Å². The van der Waals surface area contributed by atoms with E-state index in [1.165, 1.54) is 7.11 Å². The Morgan fingerprint density at radius 1 is 1.32 bits per heavy atom. The molecule has 0 fully saturated rings. The Hall–Kier alpha value is -2.05. The second-order valence-corrected chi connectivity index (χ2v) is 5.13. The molecule has 0 spiro atoms. The van der Waals surface area contributed by atoms with Crippen LogP contribution in [0.3, 0.4) is 0 Å². The molecule has 1 aromatic carbocycles. The first-order valence-electron chi connectivity index (χ1n) is 6.73. The summed E-state index contributed by atoms with van der Waals surface area (Å²) >= 11 is 6.18. The lowest BCUT2D eigenvalue weighted by Crippen LogP contribution is -2.45. The lowest BCUT2D eigenvalue weighted by Gasteiger charge is -2.28. The topological polar surface area (TPSA) is 76.7 Å². The number of carbonyl (C=O) groups excluding carboxylic acids is 2. The lowest BCUT2D eigenvalue weighted by molar-refractivity contribution is -0.140. The highest BCUT2D eigenvalue weighted by Crippen LogP contribution is 2.31. The van der Waals surface area contributed by atoms with Crippen molar-refractivity contribution >= 4 is 23.6 Å². The van der Waals surface area contributed by atoms with Crippen LogP contribution in [0.15, 0.2) is 35.5 Å². The summed E-state index contributed by atoms with van der Waals surface area (Å²) in [6, 6.07) is 5.98. The molecule has 0 radical (unpaired) electrons. The number of benzene rings is 1. The lowest BCUT2D eigenvalue weighted by atomic mass is 9.95. The quantitative estimate of drug-likeness (QED) is 0.643. The zero-order valence-electron chi connectivity index (χ0n) is 12.3. The standard InChI is InChI=1S/C15H17ClN2O4/c1-9-12(14(19)22-8-7-21-2)13(18-15(20)17-9)10-5-3-4-6-11(10)16/h3-6,13H,7-8H2,1-2H3,(H2,17,18,20)/t13-/m0/s1. The molecule has 0 saturated heterocycles. The van der Waals surface area contributed by atoms with Crippen molar-refractivity contribution in [1.82, 2.24) is 10.6 Å². The van der Waals surface area contributed by atoms with Crippen LogP contribution in [0.4, 0.5) is 4.79 Å². The average molecular weight is 325 g/mol. The van der Waals surface area contributed by atoms with Gasteiger partial charge in [0.15, 0.2) is 0 Å². The minimum Gasteiger partial charge on any atom is -0.460 e. The summed E-state index contributed by atoms with van der Waals surface area (Å²) in [6.07, 6.45) is 0. The molecule has 1 aliphatic heterocycles. The second-order valence-electron chi connectivity index (χ2n) is 4.72. The molecule has 1 atom stereocenters. The number of rotatable bonds is 5. The van der Waals surface area contributed by atoms with Crippen LogP contribution in [-0.2, 0) is 14.3 Å². The predicted molar refractivity (Wildman–Crippen MR) is 81.4 cm³/mol. The molecule has 2 rings (SSSR count). The van der Waals surface area contributed by atoms with Gasteiger partial charge in [-0.2, -0.15) is 0 Å². The van der Waals surface area contributed by atoms with E-state index in [9.17, 15) is 9.59 Å². The van der Waals surface area contributed by atoms with Crippen molar-refractivity contribution in [2.45, 2.75) is 13.0 Å². The molecule has 0 aromatic heterocycles. The number of halogens is 1. The number of nitrogens with one attached hydrogen (secondary N) is 2. The summed E-state index contributed by atoms with van der Waals surface area (Å²) in [5.74, 6) is -0.521. The molecule has 22 heavy (non-hydrogen) atoms. The maximum Gasteiger partial charge on any atom is 0.338 e. The average Bonchev–Trinajstić information content (AvgIpc) is 2.47. The summed E-state index contributed by atoms with van der Waals surface area (Å²) in [6.45, 7) is 2.08. The van der Waals surface area contributed by atoms with Crippen LogP contribution in [0.5, 0.6) is 0 Å². The Labute approximate surface area is 133 Å². The van der Waals surface area contributed by atoms with Crippen LogP contribution < -0.4 is 10.6 Å². The van der Waals surface area contributed by atoms with Crippen molar-refractivity contribution in [1.29, 1.82) is 0 Å². The summed E-state index contributed by atoms with van der Waals surface area (Å²) < 4.78 is 10.0. The number of urea groups is 1. The molecule has 1 heterocycles. The van der Waals surface area contributed by atoms with E-state index in [1.54, 1.807) is 31.2 Å². The maximum absolute atomic E-state index is 12.3. The summed E-state index contributed by atoms with van der Waals surface area (Å²) in [5, 5.41) is 5.74. The van der Waals surface area contributed by atoms with E-state index in [-0.39, 0.29) is 6.61 Å². The van der Waals surface area contributed by atoms with Gasteiger partial charge in [-0.1, -0.05) is 29.8 Å². The maximum atomic E-state index is 12.3. The normalized spacial score (nSPS) is 17.8. The minimum absolute atomic E-state index is 0.134. The number of hydrogen-bond acceptors (Lipinski definition) is 4. The molecule has 0 aliphatic carbocycles. The van der Waals surface area contributed by atoms with Gasteiger partial charge < -0.3 is 20.1 Å². The fourth-order valence-corrected chi connectivity index (χ4v) is 2.45. The van der Waals surface area contributed by atoms with Gasteiger partial charge in [-0.05, 0) is 18.6 Å². The third-order valence-electron chi connectivity index (χ3n) is 3.23. The Balaban J connectivity index is 2.33. The van der Waals surface area contributed by atoms with Crippen LogP contribution in [0.1, 0.15) is 18.5 Å². The van der Waals surface area contributed by atoms with Gasteiger partial charge in [-0.3, -0.25) is 0 Å². The van der Waals surface area contributed by atoms with Crippen LogP contribution in [0.2, 0.25) is 5.02 Å². The Bertz CT molecular complexity index is 615. The van der Waals surface area contributed by atoms with E-state index in [0.717, 1.165) is 0 Å². The zero-order chi connectivity index (χ0) is 16.1. The Kier molecular flexibility index (Phi) is 5.41. The van der Waals surface area contributed by atoms with Crippen molar-refractivity contribution in [3.05, 3.63) is 46.1 Å². The molecule has 0 unspecified atom stereocenters. The van der Waals surface area contributed by atoms with Crippen molar-refractivity contribution in [2.24, 2.45) is 0 Å². The van der Waals surface area contributed by atoms with Crippen LogP contribution in [0, 0.1) is 0 Å². The van der Waals surface area contributed by atoms with Gasteiger partial charge in [0.1, 0.15) is 6.61 Å². The second kappa shape index (κ2) is 7.29. The van der Waals surface area contributed by atoms with Gasteiger partial charge in [0, 0.05) is 17.8 Å². The first-order valence-corrected chi connectivity index (χ1v) is 7.11. The summed E-state index contributed by atoms with van der Waals surface area (Å²) in [5.41, 5.74) is 1.40. The van der Waals surface area contributed by atoms with E-state index in [2.05, 4.69) is 10.6 Å². The first kappa shape index (κ1) is 16.3. The summed E-state index contributed by atoms with van der Waals surface area (Å²) in [4.78, 5) is 24.0. The third kappa shape index (κ3) is 3.58. The molecule has 0 bridgehead atoms. The molecule has 2 N–H and O–H groups in total. The SMILES string of the molecule is COCCOC(=O)C1=C(C)NC(=O)N[C@H]1c1ccccc1Cl. The van der Waals surface area contributed by atoms with Gasteiger partial charge in [0.05, 0.1) is 18.2 Å². The largest absolute Gasteiger partial charge is 0.460 e. The molecule has 6 nitrogen and oxygen atoms in total. The number of methoxy groups -OCH3 is 1. The van der Waals surface area contributed by atoms with Crippen molar-refractivity contribution in [2.75, 3.05) is 20.3 Å². The smallest absolute Gasteiger partial charge is 0.338 e. The molecule has 7 heteroatoms. The molecule has 1 aliphatic rings. The van der Waals surface area contributed by atoms with Crippen LogP contribution in [0.25, 0.3) is 0 Å². The highest BCUT2D eigenvalue weighted by atomic mass is 35.5. The van der Waals surface area contributed by atoms with E-state index >= 15 is 0 Å². The Morgan fingerprint density at radius 2 is 2.05 bits per heavy atom. The van der Waals surface area contributed by atoms with E-state index in [1.807, 2.05) is 0 Å². The van der Waals surface area contributed by atoms with Crippen LogP contribution in [-0.4, -0.2) is 32.3 Å². The van der Waals surface area contributed by atoms with Gasteiger partial charge >= 0.3 is 12.0 Å². The van der Waals surface area contributed by atoms with Gasteiger partial charge in [-0.15, -0.1) is 0 Å². The molecular formula is C15H17ClN2O4. The number of carbonyl (C=O) groups is 2. The molecule has 1 aromatic rings. The van der Waals surface area contributed by atoms with Gasteiger partial charge in [-0.25, -0.2) is 9.59 Å². The highest BCUT2D eigenvalue weighted by Gasteiger charge is 2.33. The monoisotopic (exact) mass is 324 g/mol. The fourth-order valence-electron chi connectivity index (χ4n) is 2.20. The fraction of sp³-hybridized carbons (Fsp3) is 0.333. The number of esters is 1. The third-order valence-corrected chi connectivity index (χ3v) is 3.57. The minimum atomic E-state index is -0.655. The van der Waals surface area contributed by atoms with Crippen molar-refractivity contribution < 1.29 is 19.1 Å². The predicted octanol–water partition coefficient (Wildman–Crippen LogP) is 2.16. The van der Waals surface area contributed by atoms with Crippen molar-refractivity contribution in [3.8, 4) is 0 Å². The number of amides is 2. The van der Waals surface area contributed by atoms with Crippen molar-refractivity contribution in [3.63, 3.8) is 0 Å². The summed E-state index contributed by atoms with van der Waals surface area (Å²) in [7, 11) is 1.52. The number of ether oxygens (including phenoxy) is 2. The number of hydrogen-bond donors (Lipinski definition) is 2. The molecule has 0 saturated carbocycles. The van der Waals surface area contributed by atoms with E-state index in [4.69, 9.17) is 21.1 Å². The van der Waals surface area contributed by atoms with Gasteiger partial charge in [0.2, 0.25) is 0 Å². The molecule has 2 amide bonds. The van der Waals surface area contributed by atoms with Gasteiger partial charge in [0.25, 0.3) is 0 Å². The van der Waals surface area contributed by atoms with E-state index < -0.39 is 18.0 Å². The Morgan fingerprint density at radius 3 is 2.73 bits per heavy atom. The first-order chi connectivity index (χ1) is 10.5. The molecule has 118 valence electrons. The number of allylic oxidation sites excluding steroid dienone is 1. The highest BCUT2D eigenvalue weighted by molar-refractivity contribution is 6.31. The van der Waals surface area contributed by atoms with Crippen LogP contribution >= 0.6 is 11.6 Å². The zero-order valence-corrected chi connectivity index (χ0v) is 13.1.